The molecule has 1 aliphatic heterocycles. The molecule has 0 bridgehead atoms. The van der Waals surface area contributed by atoms with E-state index < -0.39 is 12.1 Å². The minimum absolute atomic E-state index is 0.164. The molecular formula is C18H17F3N6O4S. The van der Waals surface area contributed by atoms with Crippen LogP contribution in [-0.2, 0) is 4.79 Å². The number of urea groups is 1. The Bertz CT molecular complexity index is 1020. The molecule has 32 heavy (non-hydrogen) atoms. The number of carboxylic acids is 1. The summed E-state index contributed by atoms with van der Waals surface area (Å²) in [6.45, 7) is 2.76. The van der Waals surface area contributed by atoms with Gasteiger partial charge >= 0.3 is 18.2 Å². The first-order valence-corrected chi connectivity index (χ1v) is 9.95. The third-order valence-corrected chi connectivity index (χ3v) is 5.01. The second kappa shape index (κ2) is 10.1. The summed E-state index contributed by atoms with van der Waals surface area (Å²) in [7, 11) is 0. The fourth-order valence-corrected chi connectivity index (χ4v) is 3.33. The first kappa shape index (κ1) is 23.0. The lowest BCUT2D eigenvalue weighted by Crippen LogP contribution is -2.50. The number of furan rings is 1. The number of hydrogen-bond donors (Lipinski definition) is 2. The molecule has 14 heteroatoms. The maximum atomic E-state index is 12.4. The van der Waals surface area contributed by atoms with Gasteiger partial charge in [-0.3, -0.25) is 5.32 Å². The second-order valence-corrected chi connectivity index (χ2v) is 7.26. The quantitative estimate of drug-likeness (QED) is 0.598. The van der Waals surface area contributed by atoms with Gasteiger partial charge in [-0.2, -0.15) is 13.2 Å². The summed E-state index contributed by atoms with van der Waals surface area (Å²) in [6, 6.07) is 9.27. The smallest absolute Gasteiger partial charge is 0.475 e. The molecule has 2 amide bonds. The van der Waals surface area contributed by atoms with Crippen LogP contribution in [0.15, 0.2) is 47.2 Å². The van der Waals surface area contributed by atoms with E-state index in [4.69, 9.17) is 14.3 Å². The Hall–Kier alpha value is -3.68. The fourth-order valence-electron chi connectivity index (χ4n) is 2.62. The van der Waals surface area contributed by atoms with E-state index >= 15 is 0 Å². The van der Waals surface area contributed by atoms with Crippen molar-refractivity contribution in [2.45, 2.75) is 6.18 Å². The minimum Gasteiger partial charge on any atom is -0.475 e. The molecule has 1 saturated heterocycles. The fraction of sp³-hybridized carbons (Fsp3) is 0.278. The van der Waals surface area contributed by atoms with Gasteiger partial charge in [-0.25, -0.2) is 14.6 Å². The molecular weight excluding hydrogens is 453 g/mol. The highest BCUT2D eigenvalue weighted by Gasteiger charge is 2.38. The molecule has 4 rings (SSSR count). The van der Waals surface area contributed by atoms with Gasteiger partial charge in [-0.1, -0.05) is 17.4 Å². The monoisotopic (exact) mass is 470 g/mol. The summed E-state index contributed by atoms with van der Waals surface area (Å²) in [4.78, 5) is 29.6. The molecule has 3 aromatic rings. The standard InChI is InChI=1S/C16H16N6O2S.C2HF3O2/c23-16(18-15-20-19-14(25-15)12-4-3-11-24-12)22-9-7-21(8-10-22)13-5-1-2-6-17-13;3-2(4,5)1(6)7/h1-6,11H,7-10H2,(H,18,20,23);(H,6,7). The first-order valence-electron chi connectivity index (χ1n) is 9.13. The zero-order valence-corrected chi connectivity index (χ0v) is 17.1. The van der Waals surface area contributed by atoms with Gasteiger partial charge in [-0.15, -0.1) is 10.2 Å². The van der Waals surface area contributed by atoms with Crippen molar-refractivity contribution in [3.05, 3.63) is 42.8 Å². The van der Waals surface area contributed by atoms with Gasteiger partial charge < -0.3 is 19.3 Å². The molecule has 1 aliphatic rings. The van der Waals surface area contributed by atoms with E-state index in [1.54, 1.807) is 23.4 Å². The highest BCUT2D eigenvalue weighted by Crippen LogP contribution is 2.26. The van der Waals surface area contributed by atoms with Crippen molar-refractivity contribution in [1.29, 1.82) is 0 Å². The topological polar surface area (TPSA) is 125 Å². The van der Waals surface area contributed by atoms with Crippen molar-refractivity contribution in [1.82, 2.24) is 20.1 Å². The lowest BCUT2D eigenvalue weighted by Gasteiger charge is -2.35. The number of nitrogens with one attached hydrogen (secondary N) is 1. The number of alkyl halides is 3. The molecule has 0 aliphatic carbocycles. The Labute approximate surface area is 183 Å². The van der Waals surface area contributed by atoms with Gasteiger partial charge in [0.25, 0.3) is 0 Å². The van der Waals surface area contributed by atoms with Crippen molar-refractivity contribution in [2.24, 2.45) is 0 Å². The van der Waals surface area contributed by atoms with Crippen LogP contribution < -0.4 is 10.2 Å². The molecule has 1 fully saturated rings. The number of aromatic nitrogens is 3. The van der Waals surface area contributed by atoms with Crippen molar-refractivity contribution in [3.8, 4) is 10.8 Å². The molecule has 10 nitrogen and oxygen atoms in total. The van der Waals surface area contributed by atoms with E-state index in [2.05, 4.69) is 25.4 Å². The van der Waals surface area contributed by atoms with Crippen LogP contribution in [0.3, 0.4) is 0 Å². The number of aliphatic carboxylic acids is 1. The molecule has 0 atom stereocenters. The lowest BCUT2D eigenvalue weighted by molar-refractivity contribution is -0.192. The second-order valence-electron chi connectivity index (χ2n) is 6.28. The Morgan fingerprint density at radius 3 is 2.38 bits per heavy atom. The van der Waals surface area contributed by atoms with E-state index in [-0.39, 0.29) is 6.03 Å². The van der Waals surface area contributed by atoms with Crippen LogP contribution in [0.2, 0.25) is 0 Å². The predicted molar refractivity (Wildman–Crippen MR) is 108 cm³/mol. The molecule has 3 aromatic heterocycles. The highest BCUT2D eigenvalue weighted by atomic mass is 32.1. The average molecular weight is 470 g/mol. The van der Waals surface area contributed by atoms with E-state index in [1.165, 1.54) is 11.3 Å². The molecule has 0 unspecified atom stereocenters. The zero-order chi connectivity index (χ0) is 23.1. The number of rotatable bonds is 3. The molecule has 170 valence electrons. The van der Waals surface area contributed by atoms with Crippen LogP contribution in [0.25, 0.3) is 10.8 Å². The van der Waals surface area contributed by atoms with Crippen LogP contribution in [0.4, 0.5) is 28.9 Å². The van der Waals surface area contributed by atoms with Crippen molar-refractivity contribution >= 4 is 34.3 Å². The van der Waals surface area contributed by atoms with E-state index in [0.717, 1.165) is 18.9 Å². The van der Waals surface area contributed by atoms with Gasteiger partial charge in [0.15, 0.2) is 10.8 Å². The molecule has 4 heterocycles. The van der Waals surface area contributed by atoms with Crippen LogP contribution in [0.5, 0.6) is 0 Å². The maximum absolute atomic E-state index is 12.4. The van der Waals surface area contributed by atoms with Crippen LogP contribution in [-0.4, -0.2) is 69.5 Å². The Morgan fingerprint density at radius 1 is 1.09 bits per heavy atom. The highest BCUT2D eigenvalue weighted by molar-refractivity contribution is 7.18. The van der Waals surface area contributed by atoms with Crippen molar-refractivity contribution in [2.75, 3.05) is 36.4 Å². The van der Waals surface area contributed by atoms with Crippen LogP contribution in [0.1, 0.15) is 0 Å². The van der Waals surface area contributed by atoms with Gasteiger partial charge in [-0.05, 0) is 24.3 Å². The Kier molecular flexibility index (Phi) is 7.25. The summed E-state index contributed by atoms with van der Waals surface area (Å²) in [5, 5.41) is 19.1. The summed E-state index contributed by atoms with van der Waals surface area (Å²) in [5.41, 5.74) is 0. The van der Waals surface area contributed by atoms with Crippen LogP contribution >= 0.6 is 11.3 Å². The predicted octanol–water partition coefficient (Wildman–Crippen LogP) is 3.18. The third kappa shape index (κ3) is 6.16. The van der Waals surface area contributed by atoms with Crippen molar-refractivity contribution in [3.63, 3.8) is 0 Å². The summed E-state index contributed by atoms with van der Waals surface area (Å²) >= 11 is 1.29. The summed E-state index contributed by atoms with van der Waals surface area (Å²) in [5.74, 6) is -1.18. The van der Waals surface area contributed by atoms with Gasteiger partial charge in [0.05, 0.1) is 6.26 Å². The minimum atomic E-state index is -5.08. The number of amides is 2. The number of hydrogen-bond acceptors (Lipinski definition) is 8. The number of carbonyl (C=O) groups excluding carboxylic acids is 1. The first-order chi connectivity index (χ1) is 15.2. The Balaban J connectivity index is 0.000000360. The number of anilines is 2. The molecule has 0 spiro atoms. The number of pyridine rings is 1. The van der Waals surface area contributed by atoms with Crippen molar-refractivity contribution < 1.29 is 32.3 Å². The largest absolute Gasteiger partial charge is 0.490 e. The zero-order valence-electron chi connectivity index (χ0n) is 16.3. The number of halogens is 3. The molecule has 0 saturated carbocycles. The van der Waals surface area contributed by atoms with E-state index in [9.17, 15) is 18.0 Å². The van der Waals surface area contributed by atoms with E-state index in [1.807, 2.05) is 24.3 Å². The molecule has 2 N–H and O–H groups in total. The lowest BCUT2D eigenvalue weighted by atomic mass is 10.3. The summed E-state index contributed by atoms with van der Waals surface area (Å²) in [6.07, 6.45) is -1.73. The number of piperazine rings is 1. The third-order valence-electron chi connectivity index (χ3n) is 4.15. The number of carbonyl (C=O) groups is 2. The number of carboxylic acid groups (broad SMARTS) is 1. The van der Waals surface area contributed by atoms with Gasteiger partial charge in [0, 0.05) is 32.4 Å². The van der Waals surface area contributed by atoms with Gasteiger partial charge in [0.2, 0.25) is 5.13 Å². The number of nitrogens with zero attached hydrogens (tertiary/aromatic N) is 5. The van der Waals surface area contributed by atoms with Gasteiger partial charge in [0.1, 0.15) is 5.82 Å². The Morgan fingerprint density at radius 2 is 1.81 bits per heavy atom. The van der Waals surface area contributed by atoms with Crippen LogP contribution in [0, 0.1) is 0 Å². The maximum Gasteiger partial charge on any atom is 0.490 e. The molecule has 0 aromatic carbocycles. The normalized spacial score (nSPS) is 13.8. The molecule has 0 radical (unpaired) electrons. The van der Waals surface area contributed by atoms with E-state index in [0.29, 0.717) is 29.0 Å². The average Bonchev–Trinajstić information content (AvgIpc) is 3.46. The SMILES string of the molecule is O=C(Nc1nnc(-c2ccco2)s1)N1CCN(c2ccccn2)CC1.O=C(O)C(F)(F)F. The summed E-state index contributed by atoms with van der Waals surface area (Å²) < 4.78 is 37.0.